The van der Waals surface area contributed by atoms with E-state index in [0.717, 1.165) is 28.8 Å². The molecule has 25 nitrogen and oxygen atoms in total. The molecule has 4 aromatic carbocycles. The highest BCUT2D eigenvalue weighted by molar-refractivity contribution is 6.76. The van der Waals surface area contributed by atoms with Crippen LogP contribution in [0, 0.1) is 30.6 Å². The van der Waals surface area contributed by atoms with Crippen molar-refractivity contribution in [1.29, 1.82) is 0 Å². The molecule has 8 amide bonds. The zero-order valence-electron chi connectivity index (χ0n) is 63.6. The van der Waals surface area contributed by atoms with Crippen molar-refractivity contribution in [2.24, 2.45) is 23.7 Å². The van der Waals surface area contributed by atoms with Crippen LogP contribution in [0.4, 0.5) is 32.3 Å². The number of carbonyl (C=O) groups is 10. The topological polar surface area (TPSA) is 296 Å². The van der Waals surface area contributed by atoms with Gasteiger partial charge in [-0.25, -0.2) is 9.59 Å². The van der Waals surface area contributed by atoms with Crippen molar-refractivity contribution < 1.29 is 81.1 Å². The zero-order chi connectivity index (χ0) is 77.5. The summed E-state index contributed by atoms with van der Waals surface area (Å²) in [6.07, 6.45) is 5.18. The van der Waals surface area contributed by atoms with Crippen LogP contribution in [-0.4, -0.2) is 170 Å². The van der Waals surface area contributed by atoms with Crippen molar-refractivity contribution in [1.82, 2.24) is 20.4 Å². The number of benzene rings is 4. The van der Waals surface area contributed by atoms with Crippen molar-refractivity contribution in [3.63, 3.8) is 0 Å². The van der Waals surface area contributed by atoms with Gasteiger partial charge in [0.2, 0.25) is 11.8 Å². The number of Topliss-reactive ketones (excluding diaryl/α,β-unsaturated/α-hetero) is 2. The molecule has 0 aliphatic carbocycles. The predicted octanol–water partition coefficient (Wildman–Crippen LogP) is 12.6. The lowest BCUT2D eigenvalue weighted by atomic mass is 9.93. The second-order valence-corrected chi connectivity index (χ2v) is 41.6. The Balaban J connectivity index is 0.942. The average Bonchev–Trinajstić information content (AvgIpc) is 1.61. The minimum atomic E-state index is -1.55. The molecule has 0 saturated heterocycles. The number of ether oxygens (including phenoxy) is 7. The molecule has 4 aliphatic rings. The number of ketones is 2. The van der Waals surface area contributed by atoms with Crippen LogP contribution in [-0.2, 0) is 47.7 Å². The van der Waals surface area contributed by atoms with Gasteiger partial charge in [0.05, 0.1) is 54.9 Å². The standard InChI is InChI=1S/C79H104N8O17Si2/c1-17-28-103-78(96)82-70(48(3)4)65(88)37-51(8)72(90)80-57-24-20-53(21-25-57)55-39-63-76(94)86(46-99-32-34-105(11,12)13)61-42-67(50(7)36-59(61)74(92)84(63)44-55)101-30-19-31-102-69-43-62-60(41-68(69)98-10)75(93)85-45-56(40-64(85)77(95)87(62)47-100-33-35-106(14,15)16)54-22-26-58(27-23-54)81-73(91)52(9)38-66(89)71(49(5)6)83-79(97)104-29-18-2/h17-18,20-27,36,41-45,48-49,51-52,63-64,70-71H,1-2,19,28-35,37-40,46-47H2,3-16H3,(H,80,90)(H,81,91)(H,82,96)(H,83,97)/t51-,52-,63+,64+,70+,71+/m1/s1. The first-order chi connectivity index (χ1) is 50.2. The molecule has 4 aliphatic heterocycles. The van der Waals surface area contributed by atoms with Crippen molar-refractivity contribution in [2.45, 2.75) is 156 Å². The molecule has 0 unspecified atom stereocenters. The summed E-state index contributed by atoms with van der Waals surface area (Å²) in [7, 11) is -1.63. The van der Waals surface area contributed by atoms with Gasteiger partial charge in [0.15, 0.2) is 23.1 Å². The second kappa shape index (κ2) is 36.5. The maximum atomic E-state index is 15.0. The first kappa shape index (κ1) is 82.0. The van der Waals surface area contributed by atoms with Crippen molar-refractivity contribution in [3.05, 3.63) is 138 Å². The number of hydrogen-bond donors (Lipinski definition) is 4. The summed E-state index contributed by atoms with van der Waals surface area (Å²) in [5, 5.41) is 10.9. The third-order valence-electron chi connectivity index (χ3n) is 18.7. The molecule has 4 aromatic rings. The van der Waals surface area contributed by atoms with Gasteiger partial charge in [0.25, 0.3) is 23.6 Å². The third kappa shape index (κ3) is 21.3. The molecular formula is C79H104N8O17Si2. The summed E-state index contributed by atoms with van der Waals surface area (Å²) >= 11 is 0. The molecule has 0 bridgehead atoms. The van der Waals surface area contributed by atoms with Crippen LogP contribution in [0.2, 0.25) is 51.4 Å². The molecule has 0 fully saturated rings. The van der Waals surface area contributed by atoms with Crippen LogP contribution >= 0.6 is 0 Å². The highest BCUT2D eigenvalue weighted by Crippen LogP contribution is 2.44. The minimum Gasteiger partial charge on any atom is -0.493 e. The highest BCUT2D eigenvalue weighted by atomic mass is 28.3. The molecule has 0 saturated carbocycles. The van der Waals surface area contributed by atoms with Crippen molar-refractivity contribution in [3.8, 4) is 17.2 Å². The van der Waals surface area contributed by atoms with Gasteiger partial charge >= 0.3 is 12.2 Å². The third-order valence-corrected chi connectivity index (χ3v) is 22.1. The number of fused-ring (bicyclic) bond motifs is 4. The Morgan fingerprint density at radius 1 is 0.547 bits per heavy atom. The van der Waals surface area contributed by atoms with E-state index in [-0.39, 0.29) is 135 Å². The smallest absolute Gasteiger partial charge is 0.408 e. The van der Waals surface area contributed by atoms with E-state index in [9.17, 15) is 47.9 Å². The molecule has 6 atom stereocenters. The van der Waals surface area contributed by atoms with E-state index >= 15 is 0 Å². The number of hydrogen-bond acceptors (Lipinski definition) is 17. The Bertz CT molecular complexity index is 4010. The predicted molar refractivity (Wildman–Crippen MR) is 412 cm³/mol. The molecule has 4 N–H and O–H groups in total. The maximum Gasteiger partial charge on any atom is 0.408 e. The lowest BCUT2D eigenvalue weighted by Gasteiger charge is -2.27. The number of alkyl carbamates (subject to hydrolysis) is 2. The first-order valence-corrected chi connectivity index (χ1v) is 43.6. The Morgan fingerprint density at radius 3 is 1.33 bits per heavy atom. The number of anilines is 4. The minimum absolute atomic E-state index is 0.0141. The number of aryl methyl sites for hydroxylation is 1. The summed E-state index contributed by atoms with van der Waals surface area (Å²) < 4.78 is 41.2. The summed E-state index contributed by atoms with van der Waals surface area (Å²) in [6.45, 7) is 33.5. The molecule has 8 rings (SSSR count). The fraction of sp³-hybridized carbons (Fsp3) is 0.468. The van der Waals surface area contributed by atoms with Gasteiger partial charge in [0, 0.05) is 109 Å². The van der Waals surface area contributed by atoms with Crippen molar-refractivity contribution in [2.75, 3.05) is 80.6 Å². The summed E-state index contributed by atoms with van der Waals surface area (Å²) in [5.74, 6) is -3.96. The highest BCUT2D eigenvalue weighted by Gasteiger charge is 2.46. The van der Waals surface area contributed by atoms with E-state index in [4.69, 9.17) is 33.2 Å². The zero-order valence-corrected chi connectivity index (χ0v) is 65.6. The molecule has 0 radical (unpaired) electrons. The van der Waals surface area contributed by atoms with Gasteiger partial charge in [-0.15, -0.1) is 0 Å². The van der Waals surface area contributed by atoms with Crippen LogP contribution in [0.25, 0.3) is 11.1 Å². The monoisotopic (exact) mass is 1490 g/mol. The number of methoxy groups -OCH3 is 1. The molecular weight excluding hydrogens is 1390 g/mol. The molecule has 106 heavy (non-hydrogen) atoms. The van der Waals surface area contributed by atoms with Gasteiger partial charge < -0.3 is 64.2 Å². The van der Waals surface area contributed by atoms with Crippen LogP contribution < -0.4 is 45.3 Å². The van der Waals surface area contributed by atoms with E-state index in [0.29, 0.717) is 53.6 Å². The maximum absolute atomic E-state index is 15.0. The molecule has 0 aromatic heterocycles. The number of nitrogens with zero attached hydrogens (tertiary/aromatic N) is 4. The first-order valence-electron chi connectivity index (χ1n) is 36.1. The van der Waals surface area contributed by atoms with E-state index < -0.39 is 82.1 Å². The normalized spacial score (nSPS) is 16.8. The van der Waals surface area contributed by atoms with Crippen LogP contribution in [0.15, 0.2) is 111 Å². The van der Waals surface area contributed by atoms with E-state index in [1.54, 1.807) is 127 Å². The molecule has 0 spiro atoms. The fourth-order valence-corrected chi connectivity index (χ4v) is 14.0. The summed E-state index contributed by atoms with van der Waals surface area (Å²) in [4.78, 5) is 143. The van der Waals surface area contributed by atoms with Crippen LogP contribution in [0.5, 0.6) is 17.2 Å². The number of nitrogens with one attached hydrogen (secondary N) is 4. The van der Waals surface area contributed by atoms with Gasteiger partial charge in [-0.3, -0.25) is 48.2 Å². The van der Waals surface area contributed by atoms with E-state index in [1.807, 2.05) is 6.92 Å². The van der Waals surface area contributed by atoms with E-state index in [2.05, 4.69) is 73.7 Å². The van der Waals surface area contributed by atoms with Crippen LogP contribution in [0.1, 0.15) is 111 Å². The number of amides is 8. The Kier molecular flexibility index (Phi) is 28.2. The Morgan fingerprint density at radius 2 is 0.943 bits per heavy atom. The van der Waals surface area contributed by atoms with Gasteiger partial charge in [-0.05, 0) is 95.1 Å². The lowest BCUT2D eigenvalue weighted by molar-refractivity contribution is -0.127. The molecule has 27 heteroatoms. The van der Waals surface area contributed by atoms with Gasteiger partial charge in [0.1, 0.15) is 44.5 Å². The summed E-state index contributed by atoms with van der Waals surface area (Å²) in [6, 6.07) is 18.8. The molecule has 4 heterocycles. The molecule has 570 valence electrons. The largest absolute Gasteiger partial charge is 0.493 e. The number of rotatable bonds is 37. The van der Waals surface area contributed by atoms with Gasteiger partial charge in [-0.1, -0.05) is 130 Å². The average molecular weight is 1490 g/mol. The Labute approximate surface area is 623 Å². The fourth-order valence-electron chi connectivity index (χ4n) is 12.5. The van der Waals surface area contributed by atoms with Gasteiger partial charge in [-0.2, -0.15) is 0 Å². The second-order valence-electron chi connectivity index (χ2n) is 30.4. The van der Waals surface area contributed by atoms with E-state index in [1.165, 1.54) is 38.9 Å². The Hall–Kier alpha value is -9.71. The lowest BCUT2D eigenvalue weighted by Crippen LogP contribution is -2.45. The quantitative estimate of drug-likeness (QED) is 0.0185. The summed E-state index contributed by atoms with van der Waals surface area (Å²) in [5.41, 5.74) is 5.58. The SMILES string of the molecule is C=CCOC(=O)N[C@H](C(=O)C[C@@H](C)C(=O)Nc1ccc(C2=CN3C(=O)c4cc(C)c(OCCCOc5cc6c(cc5OC)C(=O)N5C=C(c7ccc(NC(=O)[C@H](C)CC(=O)[C@@H](NC(=O)OCC=C)C(C)C)cc7)C[C@H]5C(=O)N6COCC[Si](C)(C)C)cc4N(COCC[Si](C)(C)C)C(=O)[C@@H]3C2)cc1)C(C)C. The van der Waals surface area contributed by atoms with Crippen molar-refractivity contribution >= 4 is 109 Å². The van der Waals surface area contributed by atoms with Crippen LogP contribution in [0.3, 0.4) is 0 Å². The number of carbonyl (C=O) groups excluding carboxylic acids is 10.